The summed E-state index contributed by atoms with van der Waals surface area (Å²) in [6.07, 6.45) is 7.23. The summed E-state index contributed by atoms with van der Waals surface area (Å²) in [6.45, 7) is 6.99. The molecule has 0 aromatic heterocycles. The Morgan fingerprint density at radius 1 is 1.18 bits per heavy atom. The number of rotatable bonds is 5. The smallest absolute Gasteiger partial charge is 0.0355 e. The van der Waals surface area contributed by atoms with Gasteiger partial charge in [-0.25, -0.2) is 0 Å². The van der Waals surface area contributed by atoms with Gasteiger partial charge < -0.3 is 0 Å². The molecule has 1 aliphatic carbocycles. The van der Waals surface area contributed by atoms with Crippen LogP contribution in [-0.2, 0) is 0 Å². The largest absolute Gasteiger partial charge is 0.0654 e. The molecule has 0 amide bonds. The van der Waals surface area contributed by atoms with Gasteiger partial charge in [-0.15, -0.1) is 0 Å². The molecule has 1 fully saturated rings. The van der Waals surface area contributed by atoms with Crippen LogP contribution >= 0.6 is 0 Å². The van der Waals surface area contributed by atoms with E-state index in [0.717, 1.165) is 17.8 Å². The van der Waals surface area contributed by atoms with E-state index in [9.17, 15) is 0 Å². The molecule has 0 saturated heterocycles. The summed E-state index contributed by atoms with van der Waals surface area (Å²) in [7, 11) is 0. The molecule has 2 unspecified atom stereocenters. The third-order valence-corrected chi connectivity index (χ3v) is 3.29. The second-order valence-electron chi connectivity index (χ2n) is 4.02. The van der Waals surface area contributed by atoms with Crippen molar-refractivity contribution in [3.05, 3.63) is 0 Å². The monoisotopic (exact) mass is 154 g/mol. The van der Waals surface area contributed by atoms with Crippen molar-refractivity contribution in [1.82, 2.24) is 0 Å². The topological polar surface area (TPSA) is 0 Å². The second kappa shape index (κ2) is 4.13. The first-order chi connectivity index (χ1) is 5.33. The minimum atomic E-state index is 1.05. The maximum Gasteiger partial charge on any atom is -0.0355 e. The SMILES string of the molecule is CCCC1CC1C(CC)CC. The van der Waals surface area contributed by atoms with Crippen LogP contribution in [0, 0.1) is 17.8 Å². The molecule has 0 nitrogen and oxygen atoms in total. The molecule has 66 valence electrons. The molecule has 0 aromatic rings. The predicted octanol–water partition coefficient (Wildman–Crippen LogP) is 3.86. The fourth-order valence-corrected chi connectivity index (χ4v) is 2.45. The van der Waals surface area contributed by atoms with Gasteiger partial charge in [-0.1, -0.05) is 46.5 Å². The molecule has 0 aliphatic heterocycles. The predicted molar refractivity (Wildman–Crippen MR) is 50.6 cm³/mol. The van der Waals surface area contributed by atoms with Crippen LogP contribution in [0.25, 0.3) is 0 Å². The summed E-state index contributed by atoms with van der Waals surface area (Å²) >= 11 is 0. The summed E-state index contributed by atoms with van der Waals surface area (Å²) < 4.78 is 0. The van der Waals surface area contributed by atoms with E-state index in [-0.39, 0.29) is 0 Å². The standard InChI is InChI=1S/C11H22/c1-4-7-10-8-11(10)9(5-2)6-3/h9-11H,4-8H2,1-3H3. The van der Waals surface area contributed by atoms with Crippen LogP contribution in [0.15, 0.2) is 0 Å². The van der Waals surface area contributed by atoms with Crippen LogP contribution in [0.5, 0.6) is 0 Å². The summed E-state index contributed by atoms with van der Waals surface area (Å²) in [5.41, 5.74) is 0. The van der Waals surface area contributed by atoms with Crippen molar-refractivity contribution >= 4 is 0 Å². The molecule has 0 radical (unpaired) electrons. The van der Waals surface area contributed by atoms with E-state index in [1.165, 1.54) is 25.7 Å². The lowest BCUT2D eigenvalue weighted by molar-refractivity contribution is 0.402. The van der Waals surface area contributed by atoms with Crippen molar-refractivity contribution in [3.8, 4) is 0 Å². The Kier molecular flexibility index (Phi) is 3.42. The molecule has 0 bridgehead atoms. The van der Waals surface area contributed by atoms with E-state index in [2.05, 4.69) is 20.8 Å². The van der Waals surface area contributed by atoms with Crippen molar-refractivity contribution in [2.24, 2.45) is 17.8 Å². The van der Waals surface area contributed by atoms with Gasteiger partial charge in [0.2, 0.25) is 0 Å². The zero-order valence-electron chi connectivity index (χ0n) is 8.27. The molecule has 0 N–H and O–H groups in total. The minimum Gasteiger partial charge on any atom is -0.0654 e. The van der Waals surface area contributed by atoms with E-state index in [4.69, 9.17) is 0 Å². The highest BCUT2D eigenvalue weighted by atomic mass is 14.4. The molecule has 0 heteroatoms. The molecular formula is C11H22. The van der Waals surface area contributed by atoms with Crippen molar-refractivity contribution in [2.75, 3.05) is 0 Å². The highest BCUT2D eigenvalue weighted by Crippen LogP contribution is 2.49. The average molecular weight is 154 g/mol. The molecule has 2 atom stereocenters. The molecule has 1 saturated carbocycles. The highest BCUT2D eigenvalue weighted by molar-refractivity contribution is 4.89. The molecule has 1 aliphatic rings. The van der Waals surface area contributed by atoms with Crippen LogP contribution in [0.3, 0.4) is 0 Å². The first-order valence-electron chi connectivity index (χ1n) is 5.33. The van der Waals surface area contributed by atoms with Crippen LogP contribution in [0.4, 0.5) is 0 Å². The Morgan fingerprint density at radius 3 is 2.27 bits per heavy atom. The van der Waals surface area contributed by atoms with Gasteiger partial charge in [0.15, 0.2) is 0 Å². The van der Waals surface area contributed by atoms with Crippen LogP contribution in [-0.4, -0.2) is 0 Å². The van der Waals surface area contributed by atoms with Crippen LogP contribution < -0.4 is 0 Å². The Balaban J connectivity index is 2.18. The van der Waals surface area contributed by atoms with Gasteiger partial charge in [-0.3, -0.25) is 0 Å². The van der Waals surface area contributed by atoms with Crippen molar-refractivity contribution in [1.29, 1.82) is 0 Å². The van der Waals surface area contributed by atoms with Gasteiger partial charge in [-0.2, -0.15) is 0 Å². The zero-order valence-corrected chi connectivity index (χ0v) is 8.27. The third kappa shape index (κ3) is 2.21. The average Bonchev–Trinajstić information content (AvgIpc) is 2.72. The van der Waals surface area contributed by atoms with Crippen molar-refractivity contribution < 1.29 is 0 Å². The first kappa shape index (κ1) is 9.09. The van der Waals surface area contributed by atoms with Gasteiger partial charge in [0.05, 0.1) is 0 Å². The van der Waals surface area contributed by atoms with E-state index < -0.39 is 0 Å². The van der Waals surface area contributed by atoms with Crippen molar-refractivity contribution in [3.63, 3.8) is 0 Å². The second-order valence-corrected chi connectivity index (χ2v) is 4.02. The van der Waals surface area contributed by atoms with E-state index in [1.54, 1.807) is 6.42 Å². The zero-order chi connectivity index (χ0) is 8.27. The molecule has 1 rings (SSSR count). The Hall–Kier alpha value is 0. The van der Waals surface area contributed by atoms with E-state index in [1.807, 2.05) is 0 Å². The summed E-state index contributed by atoms with van der Waals surface area (Å²) in [5.74, 6) is 3.28. The number of hydrogen-bond donors (Lipinski definition) is 0. The van der Waals surface area contributed by atoms with Gasteiger partial charge in [-0.05, 0) is 24.2 Å². The third-order valence-electron chi connectivity index (χ3n) is 3.29. The summed E-state index contributed by atoms with van der Waals surface area (Å²) in [4.78, 5) is 0. The van der Waals surface area contributed by atoms with E-state index >= 15 is 0 Å². The highest BCUT2D eigenvalue weighted by Gasteiger charge is 2.39. The lowest BCUT2D eigenvalue weighted by Gasteiger charge is -2.10. The lowest BCUT2D eigenvalue weighted by atomic mass is 9.95. The fourth-order valence-electron chi connectivity index (χ4n) is 2.45. The summed E-state index contributed by atoms with van der Waals surface area (Å²) in [5, 5.41) is 0. The van der Waals surface area contributed by atoms with Crippen LogP contribution in [0.2, 0.25) is 0 Å². The maximum absolute atomic E-state index is 2.34. The van der Waals surface area contributed by atoms with Gasteiger partial charge >= 0.3 is 0 Å². The van der Waals surface area contributed by atoms with Gasteiger partial charge in [0.25, 0.3) is 0 Å². The van der Waals surface area contributed by atoms with E-state index in [0.29, 0.717) is 0 Å². The molecule has 11 heavy (non-hydrogen) atoms. The Bertz CT molecular complexity index is 103. The van der Waals surface area contributed by atoms with Crippen molar-refractivity contribution in [2.45, 2.75) is 52.9 Å². The normalized spacial score (nSPS) is 29.5. The molecule has 0 spiro atoms. The lowest BCUT2D eigenvalue weighted by Crippen LogP contribution is -2.00. The molecular weight excluding hydrogens is 132 g/mol. The first-order valence-corrected chi connectivity index (χ1v) is 5.33. The quantitative estimate of drug-likeness (QED) is 0.564. The van der Waals surface area contributed by atoms with Crippen LogP contribution in [0.1, 0.15) is 52.9 Å². The molecule has 0 heterocycles. The Labute approximate surface area is 71.4 Å². The maximum atomic E-state index is 2.34. The van der Waals surface area contributed by atoms with Gasteiger partial charge in [0.1, 0.15) is 0 Å². The fraction of sp³-hybridized carbons (Fsp3) is 1.00. The number of hydrogen-bond acceptors (Lipinski definition) is 0. The Morgan fingerprint density at radius 2 is 1.82 bits per heavy atom. The minimum absolute atomic E-state index is 1.05. The summed E-state index contributed by atoms with van der Waals surface area (Å²) in [6, 6.07) is 0. The van der Waals surface area contributed by atoms with Gasteiger partial charge in [0, 0.05) is 0 Å². The molecule has 0 aromatic carbocycles.